The molecule has 4 heteroatoms. The molecule has 0 radical (unpaired) electrons. The molecule has 1 aromatic carbocycles. The summed E-state index contributed by atoms with van der Waals surface area (Å²) < 4.78 is 3.29. The van der Waals surface area contributed by atoms with Crippen LogP contribution in [-0.2, 0) is 19.6 Å². The molecule has 0 saturated heterocycles. The van der Waals surface area contributed by atoms with Gasteiger partial charge in [-0.25, -0.2) is 0 Å². The largest absolute Gasteiger partial charge is 0.291 e. The van der Waals surface area contributed by atoms with Crippen LogP contribution >= 0.6 is 15.9 Å². The maximum atomic E-state index is 4.54. The van der Waals surface area contributed by atoms with E-state index < -0.39 is 0 Å². The van der Waals surface area contributed by atoms with Gasteiger partial charge in [0.15, 0.2) is 0 Å². The van der Waals surface area contributed by atoms with Gasteiger partial charge in [-0.15, -0.1) is 0 Å². The minimum absolute atomic E-state index is 0.969. The van der Waals surface area contributed by atoms with E-state index in [1.807, 2.05) is 0 Å². The predicted molar refractivity (Wildman–Crippen MR) is 75.2 cm³/mol. The molecule has 18 heavy (non-hydrogen) atoms. The zero-order valence-electron chi connectivity index (χ0n) is 10.4. The molecule has 0 atom stereocenters. The zero-order valence-corrected chi connectivity index (χ0v) is 12.0. The summed E-state index contributed by atoms with van der Waals surface area (Å²) in [6, 6.07) is 10.6. The predicted octanol–water partition coefficient (Wildman–Crippen LogP) is 2.97. The van der Waals surface area contributed by atoms with Crippen molar-refractivity contribution >= 4 is 15.9 Å². The maximum Gasteiger partial charge on any atom is 0.0739 e. The van der Waals surface area contributed by atoms with Gasteiger partial charge in [0.1, 0.15) is 0 Å². The van der Waals surface area contributed by atoms with E-state index in [0.29, 0.717) is 0 Å². The van der Waals surface area contributed by atoms with E-state index in [9.17, 15) is 0 Å². The molecule has 1 aliphatic rings. The highest BCUT2D eigenvalue weighted by Gasteiger charge is 2.21. The Morgan fingerprint density at radius 1 is 1.22 bits per heavy atom. The summed E-state index contributed by atoms with van der Waals surface area (Å²) in [4.78, 5) is 2.47. The van der Waals surface area contributed by atoms with E-state index >= 15 is 0 Å². The van der Waals surface area contributed by atoms with Gasteiger partial charge >= 0.3 is 0 Å². The Kier molecular flexibility index (Phi) is 3.22. The van der Waals surface area contributed by atoms with Crippen LogP contribution in [0.2, 0.25) is 0 Å². The second kappa shape index (κ2) is 4.86. The Labute approximate surface area is 116 Å². The molecule has 1 aromatic heterocycles. The first-order valence-corrected chi connectivity index (χ1v) is 7.01. The molecule has 0 saturated carbocycles. The van der Waals surface area contributed by atoms with Crippen LogP contribution in [0.3, 0.4) is 0 Å². The number of hydrogen-bond acceptors (Lipinski definition) is 2. The van der Waals surface area contributed by atoms with Crippen molar-refractivity contribution in [3.8, 4) is 0 Å². The van der Waals surface area contributed by atoms with Crippen LogP contribution in [0.15, 0.2) is 34.8 Å². The minimum Gasteiger partial charge on any atom is -0.291 e. The second-order valence-electron chi connectivity index (χ2n) is 4.77. The molecule has 1 aliphatic heterocycles. The van der Waals surface area contributed by atoms with E-state index in [-0.39, 0.29) is 0 Å². The molecule has 0 N–H and O–H groups in total. The summed E-state index contributed by atoms with van der Waals surface area (Å²) >= 11 is 3.64. The molecular formula is C14H16BrN3. The quantitative estimate of drug-likeness (QED) is 0.850. The monoisotopic (exact) mass is 305 g/mol. The Bertz CT molecular complexity index is 548. The topological polar surface area (TPSA) is 21.1 Å². The van der Waals surface area contributed by atoms with Gasteiger partial charge in [0.25, 0.3) is 0 Å². The molecule has 0 unspecified atom stereocenters. The Morgan fingerprint density at radius 3 is 2.78 bits per heavy atom. The number of hydrogen-bond donors (Lipinski definition) is 0. The third-order valence-corrected chi connectivity index (χ3v) is 4.44. The summed E-state index contributed by atoms with van der Waals surface area (Å²) in [6.45, 7) is 6.08. The number of benzene rings is 1. The summed E-state index contributed by atoms with van der Waals surface area (Å²) in [5.74, 6) is 0. The molecule has 0 amide bonds. The summed E-state index contributed by atoms with van der Waals surface area (Å²) in [7, 11) is 0. The molecule has 0 aliphatic carbocycles. The van der Waals surface area contributed by atoms with Crippen molar-refractivity contribution in [2.75, 3.05) is 6.54 Å². The van der Waals surface area contributed by atoms with Gasteiger partial charge in [0.05, 0.1) is 22.4 Å². The fourth-order valence-electron chi connectivity index (χ4n) is 2.45. The first kappa shape index (κ1) is 11.9. The highest BCUT2D eigenvalue weighted by Crippen LogP contribution is 2.25. The van der Waals surface area contributed by atoms with Crippen LogP contribution in [0.1, 0.15) is 17.0 Å². The number of halogens is 1. The summed E-state index contributed by atoms with van der Waals surface area (Å²) in [5.41, 5.74) is 3.76. The van der Waals surface area contributed by atoms with E-state index in [2.05, 4.69) is 67.9 Å². The average Bonchev–Trinajstić information content (AvgIpc) is 2.67. The highest BCUT2D eigenvalue weighted by molar-refractivity contribution is 9.10. The van der Waals surface area contributed by atoms with E-state index in [0.717, 1.165) is 31.9 Å². The van der Waals surface area contributed by atoms with Gasteiger partial charge in [0, 0.05) is 19.6 Å². The maximum absolute atomic E-state index is 4.54. The normalized spacial score (nSPS) is 15.7. The summed E-state index contributed by atoms with van der Waals surface area (Å²) in [5, 5.41) is 4.54. The van der Waals surface area contributed by atoms with Crippen molar-refractivity contribution in [1.82, 2.24) is 14.7 Å². The lowest BCUT2D eigenvalue weighted by atomic mass is 10.2. The Hall–Kier alpha value is -1.13. The van der Waals surface area contributed by atoms with Crippen LogP contribution in [-0.4, -0.2) is 21.2 Å². The van der Waals surface area contributed by atoms with Crippen molar-refractivity contribution in [2.45, 2.75) is 26.6 Å². The van der Waals surface area contributed by atoms with Crippen LogP contribution in [0, 0.1) is 6.92 Å². The van der Waals surface area contributed by atoms with Crippen molar-refractivity contribution in [3.05, 3.63) is 51.8 Å². The number of aryl methyl sites for hydroxylation is 1. The molecular weight excluding hydrogens is 290 g/mol. The van der Waals surface area contributed by atoms with Crippen molar-refractivity contribution in [1.29, 1.82) is 0 Å². The molecule has 0 spiro atoms. The van der Waals surface area contributed by atoms with E-state index in [4.69, 9.17) is 0 Å². The van der Waals surface area contributed by atoms with Gasteiger partial charge in [-0.05, 0) is 28.4 Å². The average molecular weight is 306 g/mol. The van der Waals surface area contributed by atoms with Gasteiger partial charge < -0.3 is 0 Å². The molecule has 0 bridgehead atoms. The summed E-state index contributed by atoms with van der Waals surface area (Å²) in [6.07, 6.45) is 0. The van der Waals surface area contributed by atoms with Crippen LogP contribution < -0.4 is 0 Å². The fourth-order valence-corrected chi connectivity index (χ4v) is 2.86. The molecule has 3 rings (SSSR count). The smallest absolute Gasteiger partial charge is 0.0739 e. The number of aromatic nitrogens is 2. The third-order valence-electron chi connectivity index (χ3n) is 3.40. The third kappa shape index (κ3) is 2.22. The SMILES string of the molecule is Cc1nn2c(c1Br)CN(Cc1ccccc1)CC2. The molecule has 2 aromatic rings. The van der Waals surface area contributed by atoms with Crippen LogP contribution in [0.25, 0.3) is 0 Å². The van der Waals surface area contributed by atoms with Gasteiger partial charge in [-0.3, -0.25) is 9.58 Å². The van der Waals surface area contributed by atoms with Crippen LogP contribution in [0.4, 0.5) is 0 Å². The molecule has 3 nitrogen and oxygen atoms in total. The molecule has 2 heterocycles. The Balaban J connectivity index is 1.77. The number of rotatable bonds is 2. The highest BCUT2D eigenvalue weighted by atomic mass is 79.9. The molecule has 0 fully saturated rings. The number of fused-ring (bicyclic) bond motifs is 1. The van der Waals surface area contributed by atoms with E-state index in [1.54, 1.807) is 0 Å². The van der Waals surface area contributed by atoms with Gasteiger partial charge in [-0.2, -0.15) is 5.10 Å². The van der Waals surface area contributed by atoms with Crippen molar-refractivity contribution in [3.63, 3.8) is 0 Å². The van der Waals surface area contributed by atoms with Crippen LogP contribution in [0.5, 0.6) is 0 Å². The fraction of sp³-hybridized carbons (Fsp3) is 0.357. The Morgan fingerprint density at radius 2 is 2.00 bits per heavy atom. The lowest BCUT2D eigenvalue weighted by molar-refractivity contribution is 0.204. The first-order chi connectivity index (χ1) is 8.74. The standard InChI is InChI=1S/C14H16BrN3/c1-11-14(15)13-10-17(7-8-18(13)16-11)9-12-5-3-2-4-6-12/h2-6H,7-10H2,1H3. The van der Waals surface area contributed by atoms with E-state index in [1.165, 1.54) is 15.7 Å². The lowest BCUT2D eigenvalue weighted by Crippen LogP contribution is -2.33. The number of nitrogens with zero attached hydrogens (tertiary/aromatic N) is 3. The van der Waals surface area contributed by atoms with Gasteiger partial charge in [0.2, 0.25) is 0 Å². The minimum atomic E-state index is 0.969. The second-order valence-corrected chi connectivity index (χ2v) is 5.56. The van der Waals surface area contributed by atoms with Gasteiger partial charge in [-0.1, -0.05) is 30.3 Å². The zero-order chi connectivity index (χ0) is 12.5. The van der Waals surface area contributed by atoms with Crippen molar-refractivity contribution in [2.24, 2.45) is 0 Å². The first-order valence-electron chi connectivity index (χ1n) is 6.22. The molecule has 94 valence electrons. The lowest BCUT2D eigenvalue weighted by Gasteiger charge is -2.27. The van der Waals surface area contributed by atoms with Crippen molar-refractivity contribution < 1.29 is 0 Å².